The molecule has 3 nitrogen and oxygen atoms in total. The van der Waals surface area contributed by atoms with Crippen LogP contribution in [0.4, 0.5) is 0 Å². The third-order valence-corrected chi connectivity index (χ3v) is 7.50. The van der Waals surface area contributed by atoms with Gasteiger partial charge < -0.3 is 0 Å². The van der Waals surface area contributed by atoms with Gasteiger partial charge >= 0.3 is 0 Å². The Morgan fingerprint density at radius 2 is 1.83 bits per heavy atom. The van der Waals surface area contributed by atoms with Crippen molar-refractivity contribution in [3.05, 3.63) is 75.6 Å². The molecule has 154 valence electrons. The van der Waals surface area contributed by atoms with Crippen LogP contribution in [-0.2, 0) is 11.8 Å². The fourth-order valence-electron chi connectivity index (χ4n) is 5.30. The lowest BCUT2D eigenvalue weighted by molar-refractivity contribution is 0.422. The molecule has 30 heavy (non-hydrogen) atoms. The monoisotopic (exact) mass is 416 g/mol. The van der Waals surface area contributed by atoms with Crippen molar-refractivity contribution in [1.29, 1.82) is 0 Å². The standard InChI is InChI=1S/C26H28N2OS/c1-17(2)30-25-27-23-21-12-5-4-10-19(21)16-26(13-6-7-14-26)22(23)24(29)28(25)20-11-8-9-18(3)15-20/h4-5,8-12,15,17H,6-7,13-14,16H2,1-3H3. The summed E-state index contributed by atoms with van der Waals surface area (Å²) in [6.45, 7) is 6.39. The molecule has 0 amide bonds. The summed E-state index contributed by atoms with van der Waals surface area (Å²) in [5.74, 6) is 0. The summed E-state index contributed by atoms with van der Waals surface area (Å²) in [5.41, 5.74) is 6.50. The number of rotatable bonds is 3. The summed E-state index contributed by atoms with van der Waals surface area (Å²) in [7, 11) is 0. The van der Waals surface area contributed by atoms with Crippen LogP contribution in [0.15, 0.2) is 58.5 Å². The highest BCUT2D eigenvalue weighted by Gasteiger charge is 2.44. The Morgan fingerprint density at radius 1 is 1.07 bits per heavy atom. The molecule has 0 atom stereocenters. The average Bonchev–Trinajstić information content (AvgIpc) is 3.16. The zero-order chi connectivity index (χ0) is 20.9. The van der Waals surface area contributed by atoms with Gasteiger partial charge in [-0.15, -0.1) is 0 Å². The molecular weight excluding hydrogens is 388 g/mol. The van der Waals surface area contributed by atoms with E-state index in [1.165, 1.54) is 18.4 Å². The van der Waals surface area contributed by atoms with Crippen molar-refractivity contribution >= 4 is 11.8 Å². The van der Waals surface area contributed by atoms with Crippen LogP contribution in [-0.4, -0.2) is 14.8 Å². The molecule has 5 rings (SSSR count). The molecule has 1 spiro atoms. The number of hydrogen-bond donors (Lipinski definition) is 0. The van der Waals surface area contributed by atoms with E-state index in [0.29, 0.717) is 5.25 Å². The Labute approximate surface area is 182 Å². The molecule has 3 aromatic rings. The minimum Gasteiger partial charge on any atom is -0.268 e. The maximum atomic E-state index is 14.2. The van der Waals surface area contributed by atoms with Crippen LogP contribution >= 0.6 is 11.8 Å². The highest BCUT2D eigenvalue weighted by molar-refractivity contribution is 7.99. The number of aryl methyl sites for hydroxylation is 1. The van der Waals surface area contributed by atoms with Gasteiger partial charge in [-0.1, -0.05) is 74.8 Å². The highest BCUT2D eigenvalue weighted by Crippen LogP contribution is 2.50. The summed E-state index contributed by atoms with van der Waals surface area (Å²) < 4.78 is 1.88. The molecule has 1 fully saturated rings. The SMILES string of the molecule is Cc1cccc(-n2c(SC(C)C)nc3c(c2=O)C2(CCCC2)Cc2ccccc2-3)c1. The highest BCUT2D eigenvalue weighted by atomic mass is 32.2. The minimum absolute atomic E-state index is 0.0691. The number of thioether (sulfide) groups is 1. The molecule has 0 saturated heterocycles. The van der Waals surface area contributed by atoms with E-state index in [4.69, 9.17) is 4.98 Å². The van der Waals surface area contributed by atoms with E-state index in [-0.39, 0.29) is 11.0 Å². The summed E-state index contributed by atoms with van der Waals surface area (Å²) in [5, 5.41) is 1.13. The van der Waals surface area contributed by atoms with Crippen molar-refractivity contribution in [2.24, 2.45) is 0 Å². The fourth-order valence-corrected chi connectivity index (χ4v) is 6.16. The minimum atomic E-state index is -0.0691. The van der Waals surface area contributed by atoms with Crippen LogP contribution in [0.25, 0.3) is 16.9 Å². The van der Waals surface area contributed by atoms with Gasteiger partial charge in [0, 0.05) is 16.2 Å². The zero-order valence-electron chi connectivity index (χ0n) is 17.9. The predicted octanol–water partition coefficient (Wildman–Crippen LogP) is 6.08. The first kappa shape index (κ1) is 19.6. The quantitative estimate of drug-likeness (QED) is 0.383. The van der Waals surface area contributed by atoms with E-state index in [1.54, 1.807) is 11.8 Å². The lowest BCUT2D eigenvalue weighted by Crippen LogP contribution is -2.40. The van der Waals surface area contributed by atoms with Gasteiger partial charge in [0.2, 0.25) is 0 Å². The van der Waals surface area contributed by atoms with E-state index in [1.807, 2.05) is 16.7 Å². The smallest absolute Gasteiger partial charge is 0.263 e. The average molecular weight is 417 g/mol. The molecule has 0 aliphatic heterocycles. The van der Waals surface area contributed by atoms with Crippen molar-refractivity contribution in [1.82, 2.24) is 9.55 Å². The Hall–Kier alpha value is -2.33. The molecule has 4 heteroatoms. The van der Waals surface area contributed by atoms with E-state index < -0.39 is 0 Å². The Kier molecular flexibility index (Phi) is 4.85. The van der Waals surface area contributed by atoms with E-state index in [0.717, 1.165) is 52.5 Å². The first-order valence-corrected chi connectivity index (χ1v) is 11.9. The molecule has 1 saturated carbocycles. The molecule has 2 aliphatic carbocycles. The second kappa shape index (κ2) is 7.42. The first-order chi connectivity index (χ1) is 14.5. The molecular formula is C26H28N2OS. The van der Waals surface area contributed by atoms with Crippen LogP contribution in [0.5, 0.6) is 0 Å². The normalized spacial score (nSPS) is 16.7. The molecule has 0 bridgehead atoms. The maximum absolute atomic E-state index is 14.2. The van der Waals surface area contributed by atoms with Crippen LogP contribution in [0.2, 0.25) is 0 Å². The molecule has 2 aliphatic rings. The van der Waals surface area contributed by atoms with Gasteiger partial charge in [-0.05, 0) is 49.4 Å². The molecule has 0 N–H and O–H groups in total. The lowest BCUT2D eigenvalue weighted by Gasteiger charge is -2.36. The second-order valence-corrected chi connectivity index (χ2v) is 10.6. The Morgan fingerprint density at radius 3 is 2.57 bits per heavy atom. The summed E-state index contributed by atoms with van der Waals surface area (Å²) in [6, 6.07) is 16.8. The van der Waals surface area contributed by atoms with E-state index in [2.05, 4.69) is 57.2 Å². The number of aromatic nitrogens is 2. The van der Waals surface area contributed by atoms with Crippen molar-refractivity contribution in [3.8, 4) is 16.9 Å². The third kappa shape index (κ3) is 3.13. The third-order valence-electron chi connectivity index (χ3n) is 6.55. The van der Waals surface area contributed by atoms with E-state index >= 15 is 0 Å². The van der Waals surface area contributed by atoms with Crippen molar-refractivity contribution < 1.29 is 0 Å². The molecule has 0 unspecified atom stereocenters. The van der Waals surface area contributed by atoms with Crippen molar-refractivity contribution in [2.45, 2.75) is 68.7 Å². The number of hydrogen-bond acceptors (Lipinski definition) is 3. The largest absolute Gasteiger partial charge is 0.268 e. The Bertz CT molecular complexity index is 1170. The van der Waals surface area contributed by atoms with Crippen LogP contribution in [0.3, 0.4) is 0 Å². The van der Waals surface area contributed by atoms with Gasteiger partial charge in [-0.2, -0.15) is 0 Å². The van der Waals surface area contributed by atoms with Crippen molar-refractivity contribution in [3.63, 3.8) is 0 Å². The van der Waals surface area contributed by atoms with Gasteiger partial charge in [-0.25, -0.2) is 4.98 Å². The van der Waals surface area contributed by atoms with Gasteiger partial charge in [0.15, 0.2) is 5.16 Å². The van der Waals surface area contributed by atoms with Gasteiger partial charge in [0.25, 0.3) is 5.56 Å². The van der Waals surface area contributed by atoms with Gasteiger partial charge in [-0.3, -0.25) is 9.36 Å². The molecule has 1 aromatic heterocycles. The lowest BCUT2D eigenvalue weighted by atomic mass is 9.68. The summed E-state index contributed by atoms with van der Waals surface area (Å²) >= 11 is 1.67. The molecule has 2 aromatic carbocycles. The van der Waals surface area contributed by atoms with Gasteiger partial charge in [0.05, 0.1) is 16.9 Å². The topological polar surface area (TPSA) is 34.9 Å². The molecule has 0 radical (unpaired) electrons. The van der Waals surface area contributed by atoms with Crippen LogP contribution in [0.1, 0.15) is 56.2 Å². The van der Waals surface area contributed by atoms with Crippen molar-refractivity contribution in [2.75, 3.05) is 0 Å². The Balaban J connectivity index is 1.86. The predicted molar refractivity (Wildman–Crippen MR) is 125 cm³/mol. The first-order valence-electron chi connectivity index (χ1n) is 11.0. The zero-order valence-corrected chi connectivity index (χ0v) is 18.8. The van der Waals surface area contributed by atoms with Gasteiger partial charge in [0.1, 0.15) is 0 Å². The van der Waals surface area contributed by atoms with Crippen LogP contribution < -0.4 is 5.56 Å². The van der Waals surface area contributed by atoms with E-state index in [9.17, 15) is 4.79 Å². The number of nitrogens with zero attached hydrogens (tertiary/aromatic N) is 2. The number of fused-ring (bicyclic) bond motifs is 4. The maximum Gasteiger partial charge on any atom is 0.263 e. The van der Waals surface area contributed by atoms with Crippen LogP contribution in [0, 0.1) is 6.92 Å². The molecule has 1 heterocycles. The number of benzene rings is 2. The summed E-state index contributed by atoms with van der Waals surface area (Å²) in [4.78, 5) is 19.4. The summed E-state index contributed by atoms with van der Waals surface area (Å²) in [6.07, 6.45) is 5.49. The second-order valence-electron chi connectivity index (χ2n) is 9.09. The fraction of sp³-hybridized carbons (Fsp3) is 0.385.